The number of nitrogens with two attached hydrogens (primary N) is 1. The summed E-state index contributed by atoms with van der Waals surface area (Å²) in [6.45, 7) is 10.3. The van der Waals surface area contributed by atoms with Crippen molar-refractivity contribution in [3.05, 3.63) is 23.8 Å². The number of carbonyl (C=O) groups is 1. The highest BCUT2D eigenvalue weighted by atomic mass is 35.5. The third kappa shape index (κ3) is 5.02. The van der Waals surface area contributed by atoms with Crippen LogP contribution < -0.4 is 15.8 Å². The fraction of sp³-hybridized carbons (Fsp3) is 0.533. The van der Waals surface area contributed by atoms with Gasteiger partial charge in [0.05, 0.1) is 12.6 Å². The second kappa shape index (κ2) is 7.50. The Kier molecular flexibility index (Phi) is 7.03. The molecule has 0 saturated heterocycles. The van der Waals surface area contributed by atoms with Crippen LogP contribution in [0.1, 0.15) is 33.3 Å². The predicted molar refractivity (Wildman–Crippen MR) is 85.7 cm³/mol. The van der Waals surface area contributed by atoms with Gasteiger partial charge >= 0.3 is 0 Å². The van der Waals surface area contributed by atoms with E-state index in [9.17, 15) is 4.79 Å². The molecule has 1 amide bonds. The molecule has 5 heteroatoms. The molecule has 114 valence electrons. The van der Waals surface area contributed by atoms with Crippen molar-refractivity contribution in [3.8, 4) is 5.75 Å². The quantitative estimate of drug-likeness (QED) is 0.898. The molecular weight excluding hydrogens is 276 g/mol. The molecule has 0 fully saturated rings. The molecule has 3 N–H and O–H groups in total. The minimum atomic E-state index is -0.543. The van der Waals surface area contributed by atoms with Crippen molar-refractivity contribution < 1.29 is 9.53 Å². The van der Waals surface area contributed by atoms with Gasteiger partial charge in [0.2, 0.25) is 5.91 Å². The number of halogens is 1. The first-order valence-electron chi connectivity index (χ1n) is 6.55. The lowest BCUT2D eigenvalue weighted by molar-refractivity contribution is -0.119. The highest BCUT2D eigenvalue weighted by Gasteiger charge is 2.27. The second-order valence-electron chi connectivity index (χ2n) is 5.74. The van der Waals surface area contributed by atoms with Crippen LogP contribution in [-0.2, 0) is 4.79 Å². The molecule has 0 radical (unpaired) electrons. The molecular formula is C15H25ClN2O2. The topological polar surface area (TPSA) is 64.3 Å². The lowest BCUT2D eigenvalue weighted by Gasteiger charge is -2.26. The van der Waals surface area contributed by atoms with E-state index >= 15 is 0 Å². The molecule has 1 aromatic carbocycles. The third-order valence-electron chi connectivity index (χ3n) is 2.98. The summed E-state index contributed by atoms with van der Waals surface area (Å²) in [5.41, 5.74) is 7.40. The molecule has 1 atom stereocenters. The summed E-state index contributed by atoms with van der Waals surface area (Å²) in [4.78, 5) is 12.1. The third-order valence-corrected chi connectivity index (χ3v) is 2.98. The number of rotatable bonds is 4. The Hall–Kier alpha value is -1.26. The molecule has 0 aliphatic carbocycles. The van der Waals surface area contributed by atoms with Crippen LogP contribution in [0, 0.1) is 12.3 Å². The number of carbonyl (C=O) groups excluding carboxylic acids is 1. The van der Waals surface area contributed by atoms with Gasteiger partial charge in [-0.05, 0) is 43.0 Å². The standard InChI is InChI=1S/C15H24N2O2.ClH/c1-6-19-11-7-8-12(10(2)9-11)17-14(18)13(16)15(3,4)5;/h7-9,13H,6,16H2,1-5H3,(H,17,18);1H/t13-;/m1./s1. The van der Waals surface area contributed by atoms with Gasteiger partial charge in [-0.1, -0.05) is 20.8 Å². The average Bonchev–Trinajstić information content (AvgIpc) is 2.30. The van der Waals surface area contributed by atoms with E-state index in [2.05, 4.69) is 5.32 Å². The highest BCUT2D eigenvalue weighted by molar-refractivity contribution is 5.95. The van der Waals surface area contributed by atoms with Crippen LogP contribution in [0.25, 0.3) is 0 Å². The first-order chi connectivity index (χ1) is 8.75. The average molecular weight is 301 g/mol. The van der Waals surface area contributed by atoms with E-state index in [1.54, 1.807) is 0 Å². The van der Waals surface area contributed by atoms with E-state index in [0.29, 0.717) is 6.61 Å². The maximum absolute atomic E-state index is 12.1. The zero-order chi connectivity index (χ0) is 14.6. The summed E-state index contributed by atoms with van der Waals surface area (Å²) >= 11 is 0. The Labute approximate surface area is 127 Å². The van der Waals surface area contributed by atoms with Gasteiger partial charge in [-0.3, -0.25) is 4.79 Å². The van der Waals surface area contributed by atoms with Crippen LogP contribution in [0.4, 0.5) is 5.69 Å². The number of benzene rings is 1. The van der Waals surface area contributed by atoms with Crippen molar-refractivity contribution in [2.45, 2.75) is 40.7 Å². The highest BCUT2D eigenvalue weighted by Crippen LogP contribution is 2.23. The largest absolute Gasteiger partial charge is 0.494 e. The smallest absolute Gasteiger partial charge is 0.241 e. The number of hydrogen-bond acceptors (Lipinski definition) is 3. The van der Waals surface area contributed by atoms with Gasteiger partial charge in [0.1, 0.15) is 5.75 Å². The Morgan fingerprint density at radius 1 is 1.40 bits per heavy atom. The fourth-order valence-electron chi connectivity index (χ4n) is 1.64. The van der Waals surface area contributed by atoms with Crippen molar-refractivity contribution in [1.82, 2.24) is 0 Å². The van der Waals surface area contributed by atoms with Crippen molar-refractivity contribution in [2.24, 2.45) is 11.1 Å². The molecule has 0 saturated carbocycles. The van der Waals surface area contributed by atoms with Crippen LogP contribution in [0.2, 0.25) is 0 Å². The van der Waals surface area contributed by atoms with E-state index in [1.807, 2.05) is 52.8 Å². The zero-order valence-corrected chi connectivity index (χ0v) is 13.6. The van der Waals surface area contributed by atoms with Crippen molar-refractivity contribution in [2.75, 3.05) is 11.9 Å². The number of hydrogen-bond donors (Lipinski definition) is 2. The number of anilines is 1. The van der Waals surface area contributed by atoms with Crippen molar-refractivity contribution >= 4 is 24.0 Å². The lowest BCUT2D eigenvalue weighted by atomic mass is 9.87. The van der Waals surface area contributed by atoms with Crippen molar-refractivity contribution in [1.29, 1.82) is 0 Å². The molecule has 0 unspecified atom stereocenters. The fourth-order valence-corrected chi connectivity index (χ4v) is 1.64. The first kappa shape index (κ1) is 18.7. The molecule has 0 bridgehead atoms. The van der Waals surface area contributed by atoms with Crippen LogP contribution in [-0.4, -0.2) is 18.6 Å². The summed E-state index contributed by atoms with van der Waals surface area (Å²) in [6, 6.07) is 5.04. The monoisotopic (exact) mass is 300 g/mol. The van der Waals surface area contributed by atoms with Gasteiger partial charge in [-0.25, -0.2) is 0 Å². The van der Waals surface area contributed by atoms with Crippen molar-refractivity contribution in [3.63, 3.8) is 0 Å². The zero-order valence-electron chi connectivity index (χ0n) is 12.8. The SMILES string of the molecule is CCOc1ccc(NC(=O)[C@@H](N)C(C)(C)C)c(C)c1.Cl. The first-order valence-corrected chi connectivity index (χ1v) is 6.55. The molecule has 0 aromatic heterocycles. The van der Waals surface area contributed by atoms with E-state index < -0.39 is 6.04 Å². The van der Waals surface area contributed by atoms with E-state index in [-0.39, 0.29) is 23.7 Å². The number of nitrogens with one attached hydrogen (secondary N) is 1. The number of aryl methyl sites for hydroxylation is 1. The summed E-state index contributed by atoms with van der Waals surface area (Å²) in [5, 5.41) is 2.87. The van der Waals surface area contributed by atoms with Gasteiger partial charge in [-0.2, -0.15) is 0 Å². The molecule has 1 aromatic rings. The van der Waals surface area contributed by atoms with E-state index in [1.165, 1.54) is 0 Å². The van der Waals surface area contributed by atoms with Crippen LogP contribution in [0.15, 0.2) is 18.2 Å². The maximum Gasteiger partial charge on any atom is 0.241 e. The maximum atomic E-state index is 12.1. The summed E-state index contributed by atoms with van der Waals surface area (Å²) in [6.07, 6.45) is 0. The minimum Gasteiger partial charge on any atom is -0.494 e. The van der Waals surface area contributed by atoms with E-state index in [4.69, 9.17) is 10.5 Å². The van der Waals surface area contributed by atoms with Gasteiger partial charge in [0.15, 0.2) is 0 Å². The van der Waals surface area contributed by atoms with Gasteiger partial charge in [0, 0.05) is 5.69 Å². The van der Waals surface area contributed by atoms with Gasteiger partial charge in [0.25, 0.3) is 0 Å². The normalized spacial score (nSPS) is 12.3. The lowest BCUT2D eigenvalue weighted by Crippen LogP contribution is -2.45. The molecule has 0 aliphatic heterocycles. The number of ether oxygens (including phenoxy) is 1. The predicted octanol–water partition coefficient (Wildman–Crippen LogP) is 3.13. The minimum absolute atomic E-state index is 0. The van der Waals surface area contributed by atoms with Crippen LogP contribution in [0.3, 0.4) is 0 Å². The molecule has 1 rings (SSSR count). The Balaban J connectivity index is 0.00000361. The molecule has 0 spiro atoms. The summed E-state index contributed by atoms with van der Waals surface area (Å²) < 4.78 is 5.41. The van der Waals surface area contributed by atoms with Gasteiger partial charge in [-0.15, -0.1) is 12.4 Å². The van der Waals surface area contributed by atoms with Crippen LogP contribution in [0.5, 0.6) is 5.75 Å². The Morgan fingerprint density at radius 2 is 2.00 bits per heavy atom. The Morgan fingerprint density at radius 3 is 2.45 bits per heavy atom. The van der Waals surface area contributed by atoms with Gasteiger partial charge < -0.3 is 15.8 Å². The second-order valence-corrected chi connectivity index (χ2v) is 5.74. The molecule has 0 heterocycles. The summed E-state index contributed by atoms with van der Waals surface area (Å²) in [5.74, 6) is 0.637. The van der Waals surface area contributed by atoms with E-state index in [0.717, 1.165) is 17.0 Å². The molecule has 0 aliphatic rings. The number of amides is 1. The van der Waals surface area contributed by atoms with Crippen LogP contribution >= 0.6 is 12.4 Å². The molecule has 20 heavy (non-hydrogen) atoms. The summed E-state index contributed by atoms with van der Waals surface area (Å²) in [7, 11) is 0. The molecule has 4 nitrogen and oxygen atoms in total. The Bertz CT molecular complexity index is 456.